The Hall–Kier alpha value is -0.960. The number of nitrogens with one attached hydrogen (secondary N) is 2. The summed E-state index contributed by atoms with van der Waals surface area (Å²) in [5, 5.41) is 64.7. The van der Waals surface area contributed by atoms with Crippen LogP contribution in [0.4, 0.5) is 0 Å². The number of hydroxylamine groups is 3. The van der Waals surface area contributed by atoms with Gasteiger partial charge in [-0.15, -0.1) is 0 Å². The van der Waals surface area contributed by atoms with E-state index in [1.165, 1.54) is 58.5 Å². The first-order valence-corrected chi connectivity index (χ1v) is 37.9. The number of aliphatic hydroxyl groups is 5. The topological polar surface area (TPSA) is 269 Å². The van der Waals surface area contributed by atoms with Gasteiger partial charge in [0.2, 0.25) is 0 Å². The Balaban J connectivity index is 0.000000558. The zero-order valence-corrected chi connectivity index (χ0v) is 68.0. The summed E-state index contributed by atoms with van der Waals surface area (Å²) >= 11 is 0. The van der Waals surface area contributed by atoms with E-state index in [0.717, 1.165) is 45.1 Å². The van der Waals surface area contributed by atoms with Crippen LogP contribution < -0.4 is 10.6 Å². The van der Waals surface area contributed by atoms with Gasteiger partial charge in [-0.1, -0.05) is 0 Å². The summed E-state index contributed by atoms with van der Waals surface area (Å²) in [7, 11) is 24.7. The summed E-state index contributed by atoms with van der Waals surface area (Å²) in [5.41, 5.74) is 0. The summed E-state index contributed by atoms with van der Waals surface area (Å²) in [6.07, 6.45) is 16.1. The van der Waals surface area contributed by atoms with Gasteiger partial charge in [0.15, 0.2) is 0 Å². The third-order valence-corrected chi connectivity index (χ3v) is 21.2. The fourth-order valence-corrected chi connectivity index (χ4v) is 14.6. The van der Waals surface area contributed by atoms with Crippen molar-refractivity contribution in [2.45, 2.75) is 383 Å². The molecule has 0 saturated carbocycles. The Morgan fingerprint density at radius 3 is 1.13 bits per heavy atom. The lowest BCUT2D eigenvalue weighted by Gasteiger charge is -2.47. The van der Waals surface area contributed by atoms with Crippen molar-refractivity contribution < 1.29 is 87.0 Å². The SMILES string of the molecule is CC1CCC(N(C)C)C(C)O1.CC1CCC(N(C)C)C(C)O1.CC1CCC(O)C(C)O1.CC1CCC([N+](C)(C)[O-])C(C)O1.CC1OCC(N(C)C)CC1O.CNC1CCC(C)OC1C.CNC1CCC(C)OC1C.COC1C(O)C(C)OC(CO)C1O.COC1CC(C)OC(C)C1OC. The first-order chi connectivity index (χ1) is 46.2. The third-order valence-electron chi connectivity index (χ3n) is 21.2. The molecule has 24 nitrogen and oxygen atoms in total. The minimum Gasteiger partial charge on any atom is -0.633 e. The van der Waals surface area contributed by atoms with Crippen LogP contribution in [0.3, 0.4) is 0 Å². The average Bonchev–Trinajstić information content (AvgIpc) is 0.834. The third kappa shape index (κ3) is 36.0. The zero-order chi connectivity index (χ0) is 75.8. The molecule has 0 aromatic heterocycles. The molecule has 9 aliphatic rings. The summed E-state index contributed by atoms with van der Waals surface area (Å²) in [6.45, 7) is 33.4. The molecular formula is C75H156N6O18. The van der Waals surface area contributed by atoms with E-state index < -0.39 is 30.5 Å². The minimum atomic E-state index is -0.985. The quantitative estimate of drug-likeness (QED) is 0.0820. The fraction of sp³-hybridized carbons (Fsp3) is 1.00. The molecule has 7 N–H and O–H groups in total. The van der Waals surface area contributed by atoms with Gasteiger partial charge in [0.05, 0.1) is 137 Å². The molecule has 9 heterocycles. The summed E-state index contributed by atoms with van der Waals surface area (Å²) in [5.74, 6) is 0. The van der Waals surface area contributed by atoms with Crippen LogP contribution in [0.5, 0.6) is 0 Å². The Labute approximate surface area is 603 Å². The lowest BCUT2D eigenvalue weighted by atomic mass is 9.96. The second-order valence-electron chi connectivity index (χ2n) is 30.9. The van der Waals surface area contributed by atoms with Crippen LogP contribution >= 0.6 is 0 Å². The van der Waals surface area contributed by atoms with E-state index in [2.05, 4.69) is 123 Å². The maximum Gasteiger partial charge on any atom is 0.115 e. The van der Waals surface area contributed by atoms with E-state index in [1.54, 1.807) is 35.2 Å². The van der Waals surface area contributed by atoms with Crippen molar-refractivity contribution in [2.75, 3.05) is 105 Å². The Morgan fingerprint density at radius 1 is 0.404 bits per heavy atom. The van der Waals surface area contributed by atoms with Crippen molar-refractivity contribution in [2.24, 2.45) is 0 Å². The summed E-state index contributed by atoms with van der Waals surface area (Å²) in [4.78, 5) is 6.61. The normalized spacial score (nSPS) is 41.6. The molecule has 99 heavy (non-hydrogen) atoms. The molecule has 9 aliphatic heterocycles. The number of likely N-dealkylation sites (N-methyl/N-ethyl adjacent to an activating group) is 6. The van der Waals surface area contributed by atoms with Crippen molar-refractivity contribution >= 4 is 0 Å². The molecule has 0 aliphatic carbocycles. The first-order valence-electron chi connectivity index (χ1n) is 37.9. The van der Waals surface area contributed by atoms with Gasteiger partial charge in [-0.25, -0.2) is 0 Å². The van der Waals surface area contributed by atoms with Crippen LogP contribution in [0.15, 0.2) is 0 Å². The highest BCUT2D eigenvalue weighted by Crippen LogP contribution is 2.29. The Kier molecular flexibility index (Phi) is 48.3. The number of hydrogen-bond donors (Lipinski definition) is 7. The molecule has 9 saturated heterocycles. The minimum absolute atomic E-state index is 0.00574. The van der Waals surface area contributed by atoms with Gasteiger partial charge >= 0.3 is 0 Å². The van der Waals surface area contributed by atoms with Crippen LogP contribution in [0.25, 0.3) is 0 Å². The maximum absolute atomic E-state index is 11.6. The molecular weight excluding hydrogens is 1270 g/mol. The van der Waals surface area contributed by atoms with E-state index in [0.29, 0.717) is 91.2 Å². The number of methoxy groups -OCH3 is 3. The molecule has 9 fully saturated rings. The van der Waals surface area contributed by atoms with Crippen molar-refractivity contribution in [3.63, 3.8) is 0 Å². The van der Waals surface area contributed by atoms with Gasteiger partial charge in [-0.2, -0.15) is 0 Å². The monoisotopic (exact) mass is 1430 g/mol. The van der Waals surface area contributed by atoms with E-state index in [-0.39, 0.29) is 72.2 Å². The first kappa shape index (κ1) is 96.1. The van der Waals surface area contributed by atoms with Crippen molar-refractivity contribution in [3.8, 4) is 0 Å². The Morgan fingerprint density at radius 2 is 0.798 bits per heavy atom. The van der Waals surface area contributed by atoms with Crippen LogP contribution in [-0.2, 0) is 56.8 Å². The number of ether oxygens (including phenoxy) is 12. The molecule has 0 spiro atoms. The second kappa shape index (κ2) is 49.8. The van der Waals surface area contributed by atoms with E-state index >= 15 is 0 Å². The van der Waals surface area contributed by atoms with E-state index in [4.69, 9.17) is 61.9 Å². The number of rotatable bonds is 10. The lowest BCUT2D eigenvalue weighted by Crippen LogP contribution is -2.58. The van der Waals surface area contributed by atoms with Gasteiger partial charge in [0, 0.05) is 64.4 Å². The van der Waals surface area contributed by atoms with Crippen molar-refractivity contribution in [1.82, 2.24) is 25.3 Å². The van der Waals surface area contributed by atoms with Crippen molar-refractivity contribution in [1.29, 1.82) is 0 Å². The molecule has 0 radical (unpaired) electrons. The standard InChI is InChI=1S/C9H19NO2.2C9H19NO.C9H18O3.C8H17NO2.2C8H17NO.C8H16O5.C7H14O2/c1-7-5-6-9(8(2)12-7)10(3,4)11;2*1-7-5-6-9(10(3)4)8(2)11-7;1-6-5-8(10-3)9(11-4)7(2)12-6;1-6-8(10)4-7(5-11-6)9(2)3;2*1-6-4-5-8(9-3)7(2)10-6;1-4-6(10)8(12-2)7(11)5(3-9)13-4;1-5-3-4-7(8)6(2)9-5/h7-9H,5-6H2,1-4H3;2*7-9H,5-6H2,1-4H3;6-9H,5H2,1-4H3;6-8,10H,4-5H2,1-3H3;2*6-9H,4-5H2,1-3H3;4-11H,3H2,1-2H3;5-8H,3-4H2,1-2H3. The molecule has 9 rings (SSSR count). The van der Waals surface area contributed by atoms with Gasteiger partial charge in [-0.05, 0) is 244 Å². The zero-order valence-electron chi connectivity index (χ0n) is 68.0. The number of nitrogens with zero attached hydrogens (tertiary/aromatic N) is 4. The molecule has 0 bridgehead atoms. The number of hydrogen-bond acceptors (Lipinski definition) is 23. The van der Waals surface area contributed by atoms with E-state index in [1.807, 2.05) is 62.8 Å². The van der Waals surface area contributed by atoms with Gasteiger partial charge < -0.3 is 118 Å². The molecule has 30 unspecified atom stereocenters. The lowest BCUT2D eigenvalue weighted by molar-refractivity contribution is -0.872. The van der Waals surface area contributed by atoms with Crippen LogP contribution in [-0.4, -0.2) is 333 Å². The predicted molar refractivity (Wildman–Crippen MR) is 395 cm³/mol. The van der Waals surface area contributed by atoms with Crippen LogP contribution in [0.1, 0.15) is 201 Å². The van der Waals surface area contributed by atoms with Crippen LogP contribution in [0.2, 0.25) is 0 Å². The maximum atomic E-state index is 11.6. The van der Waals surface area contributed by atoms with Crippen LogP contribution in [0, 0.1) is 5.21 Å². The Bertz CT molecular complexity index is 1940. The largest absolute Gasteiger partial charge is 0.633 e. The predicted octanol–water partition coefficient (Wildman–Crippen LogP) is 7.59. The molecule has 0 aromatic carbocycles. The smallest absolute Gasteiger partial charge is 0.115 e. The number of aliphatic hydroxyl groups excluding tert-OH is 5. The molecule has 594 valence electrons. The average molecular weight is 1430 g/mol. The van der Waals surface area contributed by atoms with Gasteiger partial charge in [0.1, 0.15) is 42.7 Å². The van der Waals surface area contributed by atoms with Gasteiger partial charge in [0.25, 0.3) is 0 Å². The second-order valence-corrected chi connectivity index (χ2v) is 30.9. The fourth-order valence-electron chi connectivity index (χ4n) is 14.6. The number of quaternary nitrogens is 1. The van der Waals surface area contributed by atoms with Gasteiger partial charge in [-0.3, -0.25) is 0 Å². The highest BCUT2D eigenvalue weighted by atomic mass is 16.6. The molecule has 24 heteroatoms. The highest BCUT2D eigenvalue weighted by molar-refractivity contribution is 4.92. The highest BCUT2D eigenvalue weighted by Gasteiger charge is 2.43. The molecule has 0 aromatic rings. The summed E-state index contributed by atoms with van der Waals surface area (Å²) < 4.78 is 65.1. The molecule has 0 amide bonds. The van der Waals surface area contributed by atoms with E-state index in [9.17, 15) is 25.6 Å². The summed E-state index contributed by atoms with van der Waals surface area (Å²) in [6, 6.07) is 2.85. The van der Waals surface area contributed by atoms with Crippen molar-refractivity contribution in [3.05, 3.63) is 5.21 Å². The molecule has 30 atom stereocenters.